The van der Waals surface area contributed by atoms with Gasteiger partial charge in [-0.15, -0.1) is 0 Å². The Balaban J connectivity index is 1.57. The monoisotopic (exact) mass is 351 g/mol. The number of rotatable bonds is 3. The number of hydrogen-bond donors (Lipinski definition) is 0. The highest BCUT2D eigenvalue weighted by atomic mass is 16.6. The molecule has 4 rings (SSSR count). The molecule has 0 radical (unpaired) electrons. The number of amides is 1. The summed E-state index contributed by atoms with van der Waals surface area (Å²) in [5, 5.41) is 0.457. The van der Waals surface area contributed by atoms with Gasteiger partial charge in [0.2, 0.25) is 0 Å². The van der Waals surface area contributed by atoms with E-state index in [1.807, 2.05) is 18.2 Å². The van der Waals surface area contributed by atoms with Crippen molar-refractivity contribution in [2.45, 2.75) is 6.54 Å². The molecule has 0 fully saturated rings. The van der Waals surface area contributed by atoms with Crippen molar-refractivity contribution in [3.8, 4) is 11.5 Å². The average molecular weight is 351 g/mol. The minimum atomic E-state index is -0.359. The maximum Gasteiger partial charge on any atom is 0.289 e. The zero-order valence-corrected chi connectivity index (χ0v) is 14.2. The first-order valence-electron chi connectivity index (χ1n) is 8.29. The molecule has 1 aliphatic rings. The van der Waals surface area contributed by atoms with E-state index in [1.165, 1.54) is 11.0 Å². The van der Waals surface area contributed by atoms with Gasteiger partial charge < -0.3 is 18.8 Å². The smallest absolute Gasteiger partial charge is 0.289 e. The van der Waals surface area contributed by atoms with Gasteiger partial charge in [0.05, 0.1) is 5.39 Å². The van der Waals surface area contributed by atoms with E-state index in [1.54, 1.807) is 31.3 Å². The molecule has 0 spiro atoms. The van der Waals surface area contributed by atoms with Crippen molar-refractivity contribution in [2.75, 3.05) is 20.3 Å². The molecule has 0 bridgehead atoms. The topological polar surface area (TPSA) is 69.0 Å². The SMILES string of the molecule is CN(Cc1ccc2c(c1)OCCO2)C(=O)c1cc(=O)c2ccccc2o1. The van der Waals surface area contributed by atoms with Crippen molar-refractivity contribution < 1.29 is 18.7 Å². The predicted octanol–water partition coefficient (Wildman–Crippen LogP) is 2.84. The largest absolute Gasteiger partial charge is 0.486 e. The van der Waals surface area contributed by atoms with Crippen LogP contribution in [0.3, 0.4) is 0 Å². The predicted molar refractivity (Wildman–Crippen MR) is 95.7 cm³/mol. The number of carbonyl (C=O) groups is 1. The average Bonchev–Trinajstić information content (AvgIpc) is 2.67. The fourth-order valence-electron chi connectivity index (χ4n) is 2.93. The number of nitrogens with zero attached hydrogens (tertiary/aromatic N) is 1. The third-order valence-corrected chi connectivity index (χ3v) is 4.22. The molecule has 6 nitrogen and oxygen atoms in total. The third kappa shape index (κ3) is 3.01. The van der Waals surface area contributed by atoms with Crippen molar-refractivity contribution >= 4 is 16.9 Å². The van der Waals surface area contributed by atoms with Crippen LogP contribution in [0.2, 0.25) is 0 Å². The molecule has 2 aromatic carbocycles. The van der Waals surface area contributed by atoms with E-state index in [4.69, 9.17) is 13.9 Å². The molecule has 132 valence electrons. The Labute approximate surface area is 149 Å². The Hall–Kier alpha value is -3.28. The molecular formula is C20H17NO5. The quantitative estimate of drug-likeness (QED) is 0.726. The molecule has 6 heteroatoms. The lowest BCUT2D eigenvalue weighted by Gasteiger charge is -2.21. The van der Waals surface area contributed by atoms with Crippen LogP contribution in [0.5, 0.6) is 11.5 Å². The van der Waals surface area contributed by atoms with Gasteiger partial charge in [0, 0.05) is 19.7 Å². The van der Waals surface area contributed by atoms with Crippen LogP contribution in [0.15, 0.2) is 57.7 Å². The molecule has 3 aromatic rings. The van der Waals surface area contributed by atoms with E-state index >= 15 is 0 Å². The number of fused-ring (bicyclic) bond motifs is 2. The van der Waals surface area contributed by atoms with E-state index in [0.29, 0.717) is 42.2 Å². The van der Waals surface area contributed by atoms with Gasteiger partial charge in [0.15, 0.2) is 22.7 Å². The Morgan fingerprint density at radius 2 is 1.81 bits per heavy atom. The van der Waals surface area contributed by atoms with Crippen LogP contribution in [0, 0.1) is 0 Å². The molecule has 0 unspecified atom stereocenters. The highest BCUT2D eigenvalue weighted by Gasteiger charge is 2.18. The highest BCUT2D eigenvalue weighted by molar-refractivity contribution is 5.93. The maximum atomic E-state index is 12.7. The van der Waals surface area contributed by atoms with Crippen molar-refractivity contribution in [3.05, 3.63) is 70.1 Å². The Morgan fingerprint density at radius 3 is 2.65 bits per heavy atom. The van der Waals surface area contributed by atoms with Crippen LogP contribution in [0.25, 0.3) is 11.0 Å². The van der Waals surface area contributed by atoms with Crippen molar-refractivity contribution in [2.24, 2.45) is 0 Å². The number of carbonyl (C=O) groups excluding carboxylic acids is 1. The van der Waals surface area contributed by atoms with Crippen molar-refractivity contribution in [1.82, 2.24) is 4.90 Å². The van der Waals surface area contributed by atoms with Gasteiger partial charge in [-0.25, -0.2) is 0 Å². The molecule has 26 heavy (non-hydrogen) atoms. The van der Waals surface area contributed by atoms with E-state index in [-0.39, 0.29) is 17.1 Å². The van der Waals surface area contributed by atoms with Crippen LogP contribution in [-0.4, -0.2) is 31.1 Å². The summed E-state index contributed by atoms with van der Waals surface area (Å²) in [5.74, 6) is 1.04. The summed E-state index contributed by atoms with van der Waals surface area (Å²) >= 11 is 0. The number of ether oxygens (including phenoxy) is 2. The Bertz CT molecular complexity index is 1040. The first-order valence-corrected chi connectivity index (χ1v) is 8.29. The zero-order valence-electron chi connectivity index (χ0n) is 14.2. The van der Waals surface area contributed by atoms with E-state index < -0.39 is 0 Å². The second-order valence-electron chi connectivity index (χ2n) is 6.11. The Kier molecular flexibility index (Phi) is 4.08. The van der Waals surface area contributed by atoms with Crippen LogP contribution in [-0.2, 0) is 6.54 Å². The summed E-state index contributed by atoms with van der Waals surface area (Å²) in [5.41, 5.74) is 1.06. The van der Waals surface area contributed by atoms with Crippen molar-refractivity contribution in [3.63, 3.8) is 0 Å². The van der Waals surface area contributed by atoms with Gasteiger partial charge in [0.1, 0.15) is 18.8 Å². The van der Waals surface area contributed by atoms with Crippen LogP contribution in [0.4, 0.5) is 0 Å². The van der Waals surface area contributed by atoms with Gasteiger partial charge in [-0.1, -0.05) is 18.2 Å². The summed E-state index contributed by atoms with van der Waals surface area (Å²) in [6, 6.07) is 13.7. The van der Waals surface area contributed by atoms with Gasteiger partial charge in [-0.05, 0) is 29.8 Å². The lowest BCUT2D eigenvalue weighted by atomic mass is 10.1. The molecule has 1 aromatic heterocycles. The number of hydrogen-bond acceptors (Lipinski definition) is 5. The minimum Gasteiger partial charge on any atom is -0.486 e. The van der Waals surface area contributed by atoms with Gasteiger partial charge >= 0.3 is 0 Å². The lowest BCUT2D eigenvalue weighted by Crippen LogP contribution is -2.27. The fraction of sp³-hybridized carbons (Fsp3) is 0.200. The molecule has 0 atom stereocenters. The van der Waals surface area contributed by atoms with E-state index in [2.05, 4.69) is 0 Å². The first kappa shape index (κ1) is 16.2. The minimum absolute atomic E-state index is 0.0220. The van der Waals surface area contributed by atoms with Crippen LogP contribution in [0.1, 0.15) is 16.1 Å². The molecule has 0 N–H and O–H groups in total. The summed E-state index contributed by atoms with van der Waals surface area (Å²) in [6.45, 7) is 1.39. The normalized spacial score (nSPS) is 12.8. The number of para-hydroxylation sites is 1. The van der Waals surface area contributed by atoms with Gasteiger partial charge in [-0.2, -0.15) is 0 Å². The molecule has 1 aliphatic heterocycles. The molecule has 0 saturated heterocycles. The summed E-state index contributed by atoms with van der Waals surface area (Å²) in [7, 11) is 1.66. The van der Waals surface area contributed by atoms with Gasteiger partial charge in [-0.3, -0.25) is 9.59 Å². The van der Waals surface area contributed by atoms with Crippen molar-refractivity contribution in [1.29, 1.82) is 0 Å². The van der Waals surface area contributed by atoms with Crippen LogP contribution >= 0.6 is 0 Å². The summed E-state index contributed by atoms with van der Waals surface area (Å²) < 4.78 is 16.7. The molecule has 2 heterocycles. The maximum absolute atomic E-state index is 12.7. The second-order valence-corrected chi connectivity index (χ2v) is 6.11. The second kappa shape index (κ2) is 6.55. The highest BCUT2D eigenvalue weighted by Crippen LogP contribution is 2.31. The molecule has 0 aliphatic carbocycles. The third-order valence-electron chi connectivity index (χ3n) is 4.22. The molecule has 0 saturated carbocycles. The molecular weight excluding hydrogens is 334 g/mol. The Morgan fingerprint density at radius 1 is 1.04 bits per heavy atom. The standard InChI is InChI=1S/C20H17NO5/c1-21(12-13-6-7-17-18(10-13)25-9-8-24-17)20(23)19-11-15(22)14-4-2-3-5-16(14)26-19/h2-7,10-11H,8-9,12H2,1H3. The summed E-state index contributed by atoms with van der Waals surface area (Å²) in [4.78, 5) is 26.4. The number of benzene rings is 2. The lowest BCUT2D eigenvalue weighted by molar-refractivity contribution is 0.0753. The van der Waals surface area contributed by atoms with Gasteiger partial charge in [0.25, 0.3) is 5.91 Å². The molecule has 1 amide bonds. The fourth-order valence-corrected chi connectivity index (χ4v) is 2.93. The first-order chi connectivity index (χ1) is 12.6. The van der Waals surface area contributed by atoms with E-state index in [0.717, 1.165) is 5.56 Å². The van der Waals surface area contributed by atoms with Crippen LogP contribution < -0.4 is 14.9 Å². The summed E-state index contributed by atoms with van der Waals surface area (Å²) in [6.07, 6.45) is 0. The zero-order chi connectivity index (χ0) is 18.1. The van der Waals surface area contributed by atoms with E-state index in [9.17, 15) is 9.59 Å².